The van der Waals surface area contributed by atoms with Crippen molar-refractivity contribution >= 4 is 29.6 Å². The van der Waals surface area contributed by atoms with Gasteiger partial charge in [-0.3, -0.25) is 14.9 Å². The minimum Gasteiger partial charge on any atom is -0.497 e. The van der Waals surface area contributed by atoms with E-state index in [0.29, 0.717) is 11.3 Å². The number of benzene rings is 2. The van der Waals surface area contributed by atoms with E-state index in [9.17, 15) is 14.4 Å². The molecule has 2 heterocycles. The number of carbonyl (C=O) groups excluding carboxylic acids is 3. The van der Waals surface area contributed by atoms with E-state index in [1.165, 1.54) is 6.08 Å². The van der Waals surface area contributed by atoms with Crippen LogP contribution in [0.25, 0.3) is 11.8 Å². The van der Waals surface area contributed by atoms with Gasteiger partial charge >= 0.3 is 6.03 Å². The first-order chi connectivity index (χ1) is 14.5. The number of hydrogen-bond donors (Lipinski definition) is 1. The van der Waals surface area contributed by atoms with Crippen LogP contribution in [0.5, 0.6) is 5.75 Å². The molecule has 0 bridgehead atoms. The van der Waals surface area contributed by atoms with Crippen molar-refractivity contribution < 1.29 is 19.1 Å². The number of aryl methyl sites for hydroxylation is 1. The number of hydrogen-bond acceptors (Lipinski definition) is 4. The molecule has 0 aliphatic carbocycles. The molecule has 4 amide bonds. The monoisotopic (exact) mass is 401 g/mol. The third-order valence-corrected chi connectivity index (χ3v) is 4.76. The fraction of sp³-hybridized carbons (Fsp3) is 0.0870. The van der Waals surface area contributed by atoms with Crippen LogP contribution in [0.4, 0.5) is 10.5 Å². The molecule has 0 radical (unpaired) electrons. The van der Waals surface area contributed by atoms with Gasteiger partial charge in [0.15, 0.2) is 0 Å². The first kappa shape index (κ1) is 19.2. The highest BCUT2D eigenvalue weighted by atomic mass is 16.5. The molecule has 1 saturated heterocycles. The van der Waals surface area contributed by atoms with Crippen molar-refractivity contribution in [3.8, 4) is 11.4 Å². The fourth-order valence-electron chi connectivity index (χ4n) is 3.24. The molecule has 1 aromatic heterocycles. The quantitative estimate of drug-likeness (QED) is 0.536. The van der Waals surface area contributed by atoms with Crippen molar-refractivity contribution in [1.29, 1.82) is 0 Å². The molecule has 2 aromatic carbocycles. The summed E-state index contributed by atoms with van der Waals surface area (Å²) in [7, 11) is 1.60. The van der Waals surface area contributed by atoms with Crippen LogP contribution < -0.4 is 15.0 Å². The van der Waals surface area contributed by atoms with Crippen molar-refractivity contribution in [1.82, 2.24) is 9.88 Å². The minimum atomic E-state index is -0.761. The summed E-state index contributed by atoms with van der Waals surface area (Å²) in [5, 5.41) is 2.24. The Labute approximate surface area is 173 Å². The van der Waals surface area contributed by atoms with Crippen LogP contribution in [0, 0.1) is 6.92 Å². The van der Waals surface area contributed by atoms with E-state index >= 15 is 0 Å². The van der Waals surface area contributed by atoms with Crippen molar-refractivity contribution in [3.63, 3.8) is 0 Å². The highest BCUT2D eigenvalue weighted by Gasteiger charge is 2.36. The number of nitrogens with one attached hydrogen (secondary N) is 1. The van der Waals surface area contributed by atoms with Crippen molar-refractivity contribution in [2.45, 2.75) is 6.92 Å². The largest absolute Gasteiger partial charge is 0.497 e. The molecule has 1 aliphatic heterocycles. The molecule has 7 heteroatoms. The number of carbonyl (C=O) groups is 3. The first-order valence-electron chi connectivity index (χ1n) is 9.27. The van der Waals surface area contributed by atoms with Gasteiger partial charge in [-0.25, -0.2) is 9.69 Å². The van der Waals surface area contributed by atoms with Gasteiger partial charge in [-0.15, -0.1) is 0 Å². The number of nitrogens with zero attached hydrogens (tertiary/aromatic N) is 2. The Bertz CT molecular complexity index is 1180. The Kier molecular flexibility index (Phi) is 4.93. The topological polar surface area (TPSA) is 80.6 Å². The maximum atomic E-state index is 13.0. The normalized spacial score (nSPS) is 15.5. The summed E-state index contributed by atoms with van der Waals surface area (Å²) in [5.41, 5.74) is 2.75. The predicted octanol–water partition coefficient (Wildman–Crippen LogP) is 3.46. The second-order valence-corrected chi connectivity index (χ2v) is 6.85. The smallest absolute Gasteiger partial charge is 0.335 e. The number of barbiturate groups is 1. The van der Waals surface area contributed by atoms with Gasteiger partial charge < -0.3 is 9.30 Å². The number of methoxy groups -OCH3 is 1. The van der Waals surface area contributed by atoms with Crippen LogP contribution in [-0.4, -0.2) is 29.5 Å². The van der Waals surface area contributed by atoms with Crippen LogP contribution in [0.3, 0.4) is 0 Å². The van der Waals surface area contributed by atoms with Crippen LogP contribution in [-0.2, 0) is 9.59 Å². The lowest BCUT2D eigenvalue weighted by atomic mass is 10.1. The summed E-state index contributed by atoms with van der Waals surface area (Å²) in [5.74, 6) is -0.628. The van der Waals surface area contributed by atoms with Crippen LogP contribution >= 0.6 is 0 Å². The minimum absolute atomic E-state index is 0.108. The standard InChI is InChI=1S/C23H19N3O4/c1-15-4-3-5-18(12-15)26-22(28)20(21(27)24-23(26)29)13-16-10-11-25(14-16)17-6-8-19(30-2)9-7-17/h3-14H,1-2H3,(H,24,27,29)/b20-13-. The zero-order valence-electron chi connectivity index (χ0n) is 16.5. The van der Waals surface area contributed by atoms with Gasteiger partial charge in [-0.1, -0.05) is 12.1 Å². The molecule has 30 heavy (non-hydrogen) atoms. The molecule has 0 spiro atoms. The number of imide groups is 2. The summed E-state index contributed by atoms with van der Waals surface area (Å²) in [4.78, 5) is 38.6. The van der Waals surface area contributed by atoms with Crippen LogP contribution in [0.1, 0.15) is 11.1 Å². The molecule has 0 saturated carbocycles. The predicted molar refractivity (Wildman–Crippen MR) is 113 cm³/mol. The van der Waals surface area contributed by atoms with Gasteiger partial charge in [0, 0.05) is 18.1 Å². The molecular weight excluding hydrogens is 382 g/mol. The average Bonchev–Trinajstić information content (AvgIpc) is 3.20. The fourth-order valence-corrected chi connectivity index (χ4v) is 3.24. The second-order valence-electron chi connectivity index (χ2n) is 6.85. The van der Waals surface area contributed by atoms with E-state index in [2.05, 4.69) is 5.32 Å². The highest BCUT2D eigenvalue weighted by molar-refractivity contribution is 6.39. The molecule has 150 valence electrons. The summed E-state index contributed by atoms with van der Waals surface area (Å²) in [6, 6.07) is 15.5. The third kappa shape index (κ3) is 3.60. The van der Waals surface area contributed by atoms with Crippen LogP contribution in [0.2, 0.25) is 0 Å². The zero-order valence-corrected chi connectivity index (χ0v) is 16.5. The Hall–Kier alpha value is -4.13. The van der Waals surface area contributed by atoms with Gasteiger partial charge in [0.05, 0.1) is 12.8 Å². The Balaban J connectivity index is 1.65. The van der Waals surface area contributed by atoms with E-state index in [1.54, 1.807) is 37.6 Å². The number of aromatic nitrogens is 1. The molecule has 1 N–H and O–H groups in total. The lowest BCUT2D eigenvalue weighted by Gasteiger charge is -2.26. The summed E-state index contributed by atoms with van der Waals surface area (Å²) in [6.45, 7) is 1.86. The van der Waals surface area contributed by atoms with E-state index in [1.807, 2.05) is 48.0 Å². The molecule has 4 rings (SSSR count). The van der Waals surface area contributed by atoms with Gasteiger partial charge in [0.2, 0.25) is 0 Å². The lowest BCUT2D eigenvalue weighted by Crippen LogP contribution is -2.54. The first-order valence-corrected chi connectivity index (χ1v) is 9.27. The lowest BCUT2D eigenvalue weighted by molar-refractivity contribution is -0.122. The van der Waals surface area contributed by atoms with Gasteiger partial charge in [0.1, 0.15) is 11.3 Å². The molecule has 1 aliphatic rings. The summed E-state index contributed by atoms with van der Waals surface area (Å²) in [6.07, 6.45) is 5.10. The number of urea groups is 1. The average molecular weight is 401 g/mol. The molecule has 0 atom stereocenters. The van der Waals surface area contributed by atoms with Crippen molar-refractivity contribution in [3.05, 3.63) is 83.7 Å². The van der Waals surface area contributed by atoms with Crippen molar-refractivity contribution in [2.75, 3.05) is 12.0 Å². The number of rotatable bonds is 4. The van der Waals surface area contributed by atoms with E-state index in [-0.39, 0.29) is 5.57 Å². The highest BCUT2D eigenvalue weighted by Crippen LogP contribution is 2.23. The number of amides is 4. The molecular formula is C23H19N3O4. The van der Waals surface area contributed by atoms with E-state index < -0.39 is 17.8 Å². The second kappa shape index (κ2) is 7.71. The van der Waals surface area contributed by atoms with E-state index in [0.717, 1.165) is 21.9 Å². The summed E-state index contributed by atoms with van der Waals surface area (Å²) >= 11 is 0. The van der Waals surface area contributed by atoms with Crippen LogP contribution in [0.15, 0.2) is 72.6 Å². The number of anilines is 1. The zero-order chi connectivity index (χ0) is 21.3. The molecule has 0 unspecified atom stereocenters. The molecule has 3 aromatic rings. The van der Waals surface area contributed by atoms with Gasteiger partial charge in [-0.05, 0) is 66.6 Å². The SMILES string of the molecule is COc1ccc(-n2ccc(/C=C3/C(=O)NC(=O)N(c4cccc(C)c4)C3=O)c2)cc1. The Morgan fingerprint density at radius 2 is 1.73 bits per heavy atom. The molecule has 7 nitrogen and oxygen atoms in total. The van der Waals surface area contributed by atoms with Crippen molar-refractivity contribution in [2.24, 2.45) is 0 Å². The third-order valence-electron chi connectivity index (χ3n) is 4.76. The van der Waals surface area contributed by atoms with Gasteiger partial charge in [-0.2, -0.15) is 0 Å². The Morgan fingerprint density at radius 1 is 0.967 bits per heavy atom. The van der Waals surface area contributed by atoms with Gasteiger partial charge in [0.25, 0.3) is 11.8 Å². The Morgan fingerprint density at radius 3 is 2.43 bits per heavy atom. The number of ether oxygens (including phenoxy) is 1. The molecule has 1 fully saturated rings. The maximum Gasteiger partial charge on any atom is 0.335 e. The summed E-state index contributed by atoms with van der Waals surface area (Å²) < 4.78 is 7.03. The van der Waals surface area contributed by atoms with E-state index in [4.69, 9.17) is 4.74 Å². The maximum absolute atomic E-state index is 13.0.